The Morgan fingerprint density at radius 1 is 0.206 bits per heavy atom. The molecule has 97 heavy (non-hydrogen) atoms. The van der Waals surface area contributed by atoms with Gasteiger partial charge in [0.15, 0.2) is 0 Å². The Morgan fingerprint density at radius 2 is 0.402 bits per heavy atom. The number of hydrogen-bond acceptors (Lipinski definition) is 12. The highest BCUT2D eigenvalue weighted by Gasteiger charge is 2.40. The highest BCUT2D eigenvalue weighted by Crippen LogP contribution is 2.53. The molecule has 18 heteroatoms. The van der Waals surface area contributed by atoms with E-state index in [0.717, 1.165) is 14.7 Å². The fraction of sp³-hybridized carbons (Fsp3) is 0.0380. The highest BCUT2D eigenvalue weighted by molar-refractivity contribution is 6.47. The van der Waals surface area contributed by atoms with E-state index in [9.17, 15) is 57.5 Å². The first-order valence-electron chi connectivity index (χ1n) is 31.0. The van der Waals surface area contributed by atoms with Gasteiger partial charge >= 0.3 is 0 Å². The zero-order chi connectivity index (χ0) is 65.8. The molecule has 454 valence electrons. The summed E-state index contributed by atoms with van der Waals surface area (Å²) in [7, 11) is 4.27. The van der Waals surface area contributed by atoms with Crippen molar-refractivity contribution in [1.82, 2.24) is 30.7 Å². The molecule has 0 radical (unpaired) electrons. The smallest absolute Gasteiger partial charge is 0.261 e. The molecule has 0 aromatic heterocycles. The van der Waals surface area contributed by atoms with Gasteiger partial charge < -0.3 is 0 Å². The van der Waals surface area contributed by atoms with E-state index in [1.807, 2.05) is 54.6 Å². The van der Waals surface area contributed by atoms with E-state index in [2.05, 4.69) is 16.0 Å². The van der Waals surface area contributed by atoms with Gasteiger partial charge in [-0.25, -0.2) is 0 Å². The number of amides is 12. The lowest BCUT2D eigenvalue weighted by molar-refractivity contribution is 0.0635. The van der Waals surface area contributed by atoms with E-state index in [-0.39, 0.29) is 38.9 Å². The fourth-order valence-electron chi connectivity index (χ4n) is 17.4. The summed E-state index contributed by atoms with van der Waals surface area (Å²) in [6.45, 7) is 0. The predicted molar refractivity (Wildman–Crippen MR) is 365 cm³/mol. The number of nitrogens with one attached hydrogen (secondary N) is 3. The molecule has 0 saturated heterocycles. The zero-order valence-electron chi connectivity index (χ0n) is 50.6. The van der Waals surface area contributed by atoms with Gasteiger partial charge in [-0.1, -0.05) is 72.8 Å². The molecular formula is C79H36N6O12. The van der Waals surface area contributed by atoms with Crippen molar-refractivity contribution in [2.75, 3.05) is 21.1 Å². The van der Waals surface area contributed by atoms with E-state index < -0.39 is 70.9 Å². The second-order valence-electron chi connectivity index (χ2n) is 25.9. The number of hydrogen-bond donors (Lipinski definition) is 3. The average Bonchev–Trinajstić information content (AvgIpc) is 0.696. The van der Waals surface area contributed by atoms with E-state index in [1.165, 1.54) is 21.1 Å². The molecule has 0 aliphatic carbocycles. The number of carbonyl (C=O) groups excluding carboxylic acids is 12. The first-order valence-corrected chi connectivity index (χ1v) is 31.0. The molecule has 18 nitrogen and oxygen atoms in total. The number of nitrogens with zero attached hydrogens (tertiary/aromatic N) is 3. The van der Waals surface area contributed by atoms with Crippen LogP contribution in [0.25, 0.3) is 154 Å². The minimum Gasteiger partial charge on any atom is -0.288 e. The average molecular weight is 1260 g/mol. The van der Waals surface area contributed by atoms with Gasteiger partial charge in [-0.2, -0.15) is 0 Å². The maximum absolute atomic E-state index is 14.9. The largest absolute Gasteiger partial charge is 0.288 e. The number of carbonyl (C=O) groups is 12. The van der Waals surface area contributed by atoms with Crippen LogP contribution in [0, 0.1) is 0 Å². The van der Waals surface area contributed by atoms with Crippen molar-refractivity contribution in [2.24, 2.45) is 0 Å². The molecule has 15 aromatic rings. The number of imide groups is 6. The van der Waals surface area contributed by atoms with Crippen molar-refractivity contribution < 1.29 is 57.5 Å². The highest BCUT2D eigenvalue weighted by atomic mass is 16.2. The third kappa shape index (κ3) is 6.08. The van der Waals surface area contributed by atoms with Crippen molar-refractivity contribution in [2.45, 2.75) is 0 Å². The molecule has 15 aromatic carbocycles. The van der Waals surface area contributed by atoms with Crippen molar-refractivity contribution in [3.63, 3.8) is 0 Å². The third-order valence-electron chi connectivity index (χ3n) is 21.5. The normalized spacial score (nSPS) is 16.1. The van der Waals surface area contributed by atoms with Crippen LogP contribution in [-0.2, 0) is 0 Å². The van der Waals surface area contributed by atoms with Gasteiger partial charge in [0.05, 0.1) is 0 Å². The molecule has 0 saturated carbocycles. The van der Waals surface area contributed by atoms with E-state index >= 15 is 0 Å². The van der Waals surface area contributed by atoms with Crippen LogP contribution in [0.4, 0.5) is 0 Å². The molecule has 6 heterocycles. The molecule has 21 rings (SSSR count). The summed E-state index contributed by atoms with van der Waals surface area (Å²) in [6.07, 6.45) is 7.25. The lowest BCUT2D eigenvalue weighted by Gasteiger charge is -2.28. The maximum atomic E-state index is 14.9. The summed E-state index contributed by atoms with van der Waals surface area (Å²) in [4.78, 5) is 173. The van der Waals surface area contributed by atoms with Crippen molar-refractivity contribution >= 4 is 224 Å². The Labute approximate surface area is 541 Å². The van der Waals surface area contributed by atoms with Gasteiger partial charge in [-0.3, -0.25) is 88.2 Å². The topological polar surface area (TPSA) is 251 Å². The van der Waals surface area contributed by atoms with Gasteiger partial charge in [0.1, 0.15) is 0 Å². The Kier molecular flexibility index (Phi) is 9.41. The van der Waals surface area contributed by atoms with Crippen molar-refractivity contribution in [3.05, 3.63) is 210 Å². The molecule has 0 unspecified atom stereocenters. The lowest BCUT2D eigenvalue weighted by atomic mass is 9.79. The molecule has 3 N–H and O–H groups in total. The Bertz CT molecular complexity index is 6870. The molecule has 0 atom stereocenters. The zero-order valence-corrected chi connectivity index (χ0v) is 50.6. The number of benzene rings is 15. The fourth-order valence-corrected chi connectivity index (χ4v) is 17.4. The summed E-state index contributed by atoms with van der Waals surface area (Å²) in [5.41, 5.74) is 5.00. The number of rotatable bonds is 4. The second-order valence-corrected chi connectivity index (χ2v) is 25.9. The van der Waals surface area contributed by atoms with Crippen LogP contribution >= 0.6 is 0 Å². The van der Waals surface area contributed by atoms with Crippen molar-refractivity contribution in [3.8, 4) is 0 Å². The molecule has 6 aliphatic rings. The summed E-state index contributed by atoms with van der Waals surface area (Å²) >= 11 is 0. The van der Waals surface area contributed by atoms with Gasteiger partial charge in [0.2, 0.25) is 0 Å². The van der Waals surface area contributed by atoms with Gasteiger partial charge in [0.25, 0.3) is 70.9 Å². The minimum atomic E-state index is -0.674. The quantitative estimate of drug-likeness (QED) is 0.0644. The van der Waals surface area contributed by atoms with Crippen LogP contribution in [0.5, 0.6) is 0 Å². The SMILES string of the molecule is CN1C(=O)c2ccc3c4ccc5c6c(cc(/C=C/c7cc8c9c(ccc%10c%11c(/C=C/c%12cc%13c%14c(ccc%15c%16ccc%17c%18c(ccc(c%12c%14%15)c%18%16)C(=O)NC%17=O)C(=O)N(C)C%13=O)cc%12c%13c(ccc(c7c9%10)c%13%11)C(=O)NC%12=O)C(=O)N(C)C8=O)c(c7ccc(c2c37)C1=O)c64)C(=O)NC5=O. The van der Waals surface area contributed by atoms with E-state index in [4.69, 9.17) is 0 Å². The summed E-state index contributed by atoms with van der Waals surface area (Å²) in [5.74, 6) is -6.74. The van der Waals surface area contributed by atoms with Crippen LogP contribution < -0.4 is 16.0 Å². The molecule has 6 aliphatic heterocycles. The van der Waals surface area contributed by atoms with Gasteiger partial charge in [-0.15, -0.1) is 0 Å². The Balaban J connectivity index is 0.873. The standard InChI is InChI=1S/C79H36N6O12/c1-83-74(92)44-20-10-33-34-9-17-42-59-48(72(90)81-70(42)88)24-28(52(64(34)59)37-14-22-45(75(83)93)61(44)57(33)37)4-7-31-27-51-63-47(77(95)85(3)79(51)97)23-15-39-54-29(25-49-60-43(71(89)82-73(49)91)19-13-38(66(54)60)55(31)67(39)63)5-6-30-26-50-62-46(76(94)84(2)78(50)96)21-11-35-32-8-16-40-58-41(69(87)80-68(40)86)18-12-36(56(32)58)53(30)65(35)62/h4-27H,1-3H3,(H,80,86,87)(H,81,88,90)(H,82,89,91)/b6-5+,7-4+. The van der Waals surface area contributed by atoms with Crippen LogP contribution in [-0.4, -0.2) is 107 Å². The summed E-state index contributed by atoms with van der Waals surface area (Å²) in [6, 6.07) is 34.7. The molecule has 0 fully saturated rings. The molecular weight excluding hydrogens is 1220 g/mol. The number of fused-ring (bicyclic) bond motifs is 6. The first kappa shape index (κ1) is 53.1. The monoisotopic (exact) mass is 1260 g/mol. The predicted octanol–water partition coefficient (Wildman–Crippen LogP) is 12.5. The second kappa shape index (κ2) is 17.2. The minimum absolute atomic E-state index is 0.160. The molecule has 0 bridgehead atoms. The maximum Gasteiger partial charge on any atom is 0.261 e. The lowest BCUT2D eigenvalue weighted by Crippen LogP contribution is -2.37. The van der Waals surface area contributed by atoms with Gasteiger partial charge in [0, 0.05) is 120 Å². The Hall–Kier alpha value is -13.5. The van der Waals surface area contributed by atoms with Crippen LogP contribution in [0.2, 0.25) is 0 Å². The summed E-state index contributed by atoms with van der Waals surface area (Å²) in [5, 5.41) is 20.7. The van der Waals surface area contributed by atoms with Gasteiger partial charge in [-0.05, 0) is 192 Å². The van der Waals surface area contributed by atoms with Crippen LogP contribution in [0.15, 0.2) is 121 Å². The van der Waals surface area contributed by atoms with Crippen molar-refractivity contribution in [1.29, 1.82) is 0 Å². The first-order chi connectivity index (χ1) is 46.9. The third-order valence-corrected chi connectivity index (χ3v) is 21.5. The summed E-state index contributed by atoms with van der Waals surface area (Å²) < 4.78 is 0. The van der Waals surface area contributed by atoms with Crippen LogP contribution in [0.3, 0.4) is 0 Å². The molecule has 0 spiro atoms. The molecule has 12 amide bonds. The van der Waals surface area contributed by atoms with Crippen LogP contribution in [0.1, 0.15) is 147 Å². The van der Waals surface area contributed by atoms with E-state index in [0.29, 0.717) is 179 Å². The Morgan fingerprint density at radius 3 is 0.711 bits per heavy atom. The van der Waals surface area contributed by atoms with E-state index in [1.54, 1.807) is 91.0 Å².